The summed E-state index contributed by atoms with van der Waals surface area (Å²) in [5.41, 5.74) is 7.31. The number of hydrogen-bond acceptors (Lipinski definition) is 5. The highest BCUT2D eigenvalue weighted by Gasteiger charge is 2.19. The van der Waals surface area contributed by atoms with Crippen LogP contribution in [0.2, 0.25) is 0 Å². The van der Waals surface area contributed by atoms with Gasteiger partial charge in [0.25, 0.3) is 0 Å². The first-order chi connectivity index (χ1) is 13.1. The second-order valence-corrected chi connectivity index (χ2v) is 5.85. The van der Waals surface area contributed by atoms with E-state index in [4.69, 9.17) is 14.9 Å². The van der Waals surface area contributed by atoms with Crippen molar-refractivity contribution in [3.8, 4) is 11.5 Å². The molecule has 1 aromatic heterocycles. The van der Waals surface area contributed by atoms with Crippen molar-refractivity contribution < 1.29 is 18.7 Å². The fraction of sp³-hybridized carbons (Fsp3) is 0.150. The smallest absolute Gasteiger partial charge is 0.312 e. The average Bonchev–Trinajstić information content (AvgIpc) is 3.16. The summed E-state index contributed by atoms with van der Waals surface area (Å²) in [7, 11) is 0. The summed E-state index contributed by atoms with van der Waals surface area (Å²) in [6.45, 7) is -0.0206. The van der Waals surface area contributed by atoms with E-state index in [0.29, 0.717) is 11.6 Å². The number of carbonyl (C=O) groups is 2. The number of primary amides is 1. The van der Waals surface area contributed by atoms with Gasteiger partial charge in [-0.3, -0.25) is 4.79 Å². The molecule has 1 atom stereocenters. The van der Waals surface area contributed by atoms with Crippen LogP contribution in [0.4, 0.5) is 4.79 Å². The van der Waals surface area contributed by atoms with Gasteiger partial charge in [0, 0.05) is 5.56 Å². The first kappa shape index (κ1) is 18.2. The number of amides is 2. The van der Waals surface area contributed by atoms with Gasteiger partial charge in [0.15, 0.2) is 0 Å². The third kappa shape index (κ3) is 5.18. The van der Waals surface area contributed by atoms with E-state index in [1.165, 1.54) is 6.26 Å². The lowest BCUT2D eigenvalue weighted by atomic mass is 10.0. The number of oxazole rings is 1. The molecule has 3 aromatic rings. The van der Waals surface area contributed by atoms with Crippen LogP contribution in [-0.2, 0) is 16.1 Å². The van der Waals surface area contributed by atoms with Gasteiger partial charge in [-0.25, -0.2) is 9.78 Å². The summed E-state index contributed by atoms with van der Waals surface area (Å²) in [4.78, 5) is 27.7. The first-order valence-corrected chi connectivity index (χ1v) is 8.38. The molecule has 138 valence electrons. The molecule has 0 aliphatic heterocycles. The Bertz CT molecular complexity index is 894. The number of rotatable bonds is 7. The maximum Gasteiger partial charge on any atom is 0.312 e. The zero-order valence-corrected chi connectivity index (χ0v) is 14.5. The number of nitrogens with zero attached hydrogens (tertiary/aromatic N) is 1. The van der Waals surface area contributed by atoms with Crippen LogP contribution in [-0.4, -0.2) is 17.0 Å². The fourth-order valence-electron chi connectivity index (χ4n) is 2.58. The van der Waals surface area contributed by atoms with Crippen LogP contribution < -0.4 is 11.1 Å². The maximum absolute atomic E-state index is 12.2. The first-order valence-electron chi connectivity index (χ1n) is 8.38. The van der Waals surface area contributed by atoms with Gasteiger partial charge in [-0.2, -0.15) is 0 Å². The molecule has 0 saturated carbocycles. The van der Waals surface area contributed by atoms with Gasteiger partial charge in [0.2, 0.25) is 5.89 Å². The van der Waals surface area contributed by atoms with Crippen molar-refractivity contribution in [2.45, 2.75) is 19.1 Å². The number of esters is 1. The summed E-state index contributed by atoms with van der Waals surface area (Å²) in [6.07, 6.45) is 1.41. The highest BCUT2D eigenvalue weighted by Crippen LogP contribution is 2.20. The van der Waals surface area contributed by atoms with E-state index < -0.39 is 18.0 Å². The predicted molar refractivity (Wildman–Crippen MR) is 98.3 cm³/mol. The lowest BCUT2D eigenvalue weighted by Gasteiger charge is -2.17. The molecule has 2 amide bonds. The van der Waals surface area contributed by atoms with Crippen molar-refractivity contribution >= 4 is 12.0 Å². The number of ether oxygens (including phenoxy) is 1. The normalized spacial score (nSPS) is 11.6. The van der Waals surface area contributed by atoms with Gasteiger partial charge in [-0.1, -0.05) is 48.5 Å². The van der Waals surface area contributed by atoms with Crippen molar-refractivity contribution in [1.29, 1.82) is 0 Å². The SMILES string of the molecule is NC(=O)N[C@H](CC(=O)OCc1coc(-c2ccccc2)n1)c1ccccc1. The van der Waals surface area contributed by atoms with Gasteiger partial charge in [-0.05, 0) is 17.7 Å². The Labute approximate surface area is 156 Å². The standard InChI is InChI=1S/C20H19N3O4/c21-20(25)23-17(14-7-3-1-4-8-14)11-18(24)26-12-16-13-27-19(22-16)15-9-5-2-6-10-15/h1-10,13,17H,11-12H2,(H3,21,23,25)/t17-/m1/s1. The molecule has 0 saturated heterocycles. The molecule has 3 rings (SSSR count). The molecular weight excluding hydrogens is 346 g/mol. The number of carbonyl (C=O) groups excluding carboxylic acids is 2. The number of hydrogen-bond donors (Lipinski definition) is 2. The van der Waals surface area contributed by atoms with Crippen LogP contribution in [0.25, 0.3) is 11.5 Å². The highest BCUT2D eigenvalue weighted by molar-refractivity contribution is 5.75. The summed E-state index contributed by atoms with van der Waals surface area (Å²) < 4.78 is 10.7. The Morgan fingerprint density at radius 2 is 1.74 bits per heavy atom. The van der Waals surface area contributed by atoms with E-state index in [9.17, 15) is 9.59 Å². The summed E-state index contributed by atoms with van der Waals surface area (Å²) in [5, 5.41) is 2.55. The van der Waals surface area contributed by atoms with Gasteiger partial charge in [0.05, 0.1) is 12.5 Å². The highest BCUT2D eigenvalue weighted by atomic mass is 16.5. The van der Waals surface area contributed by atoms with Crippen molar-refractivity contribution in [2.75, 3.05) is 0 Å². The van der Waals surface area contributed by atoms with Crippen LogP contribution in [0.15, 0.2) is 71.3 Å². The Morgan fingerprint density at radius 1 is 1.07 bits per heavy atom. The van der Waals surface area contributed by atoms with E-state index in [0.717, 1.165) is 11.1 Å². The quantitative estimate of drug-likeness (QED) is 0.625. The monoisotopic (exact) mass is 365 g/mol. The molecule has 0 aliphatic carbocycles. The minimum Gasteiger partial charge on any atom is -0.459 e. The molecule has 0 bridgehead atoms. The van der Waals surface area contributed by atoms with Gasteiger partial charge in [-0.15, -0.1) is 0 Å². The Morgan fingerprint density at radius 3 is 2.41 bits per heavy atom. The molecule has 1 heterocycles. The van der Waals surface area contributed by atoms with Crippen LogP contribution in [0.1, 0.15) is 23.7 Å². The molecule has 7 nitrogen and oxygen atoms in total. The predicted octanol–water partition coefficient (Wildman–Crippen LogP) is 3.18. The Kier molecular flexibility index (Phi) is 5.84. The minimum atomic E-state index is -0.708. The zero-order valence-electron chi connectivity index (χ0n) is 14.5. The molecular formula is C20H19N3O4. The van der Waals surface area contributed by atoms with E-state index in [-0.39, 0.29) is 13.0 Å². The van der Waals surface area contributed by atoms with Crippen molar-refractivity contribution in [3.63, 3.8) is 0 Å². The number of benzene rings is 2. The minimum absolute atomic E-state index is 0.0206. The number of nitrogens with one attached hydrogen (secondary N) is 1. The third-order valence-electron chi connectivity index (χ3n) is 3.84. The van der Waals surface area contributed by atoms with Crippen LogP contribution in [0.5, 0.6) is 0 Å². The van der Waals surface area contributed by atoms with Gasteiger partial charge < -0.3 is 20.2 Å². The molecule has 0 aliphatic rings. The molecule has 0 radical (unpaired) electrons. The van der Waals surface area contributed by atoms with Gasteiger partial charge in [0.1, 0.15) is 18.6 Å². The van der Waals surface area contributed by atoms with Gasteiger partial charge >= 0.3 is 12.0 Å². The number of nitrogens with two attached hydrogens (primary N) is 1. The Hall–Kier alpha value is -3.61. The van der Waals surface area contributed by atoms with Crippen molar-refractivity contribution in [3.05, 3.63) is 78.2 Å². The molecule has 0 fully saturated rings. The zero-order chi connectivity index (χ0) is 19.1. The molecule has 0 spiro atoms. The van der Waals surface area contributed by atoms with Crippen LogP contribution in [0.3, 0.4) is 0 Å². The van der Waals surface area contributed by atoms with Crippen molar-refractivity contribution in [1.82, 2.24) is 10.3 Å². The molecule has 2 aromatic carbocycles. The largest absolute Gasteiger partial charge is 0.459 e. The summed E-state index contributed by atoms with van der Waals surface area (Å²) >= 11 is 0. The number of aromatic nitrogens is 1. The average molecular weight is 365 g/mol. The molecule has 27 heavy (non-hydrogen) atoms. The van der Waals surface area contributed by atoms with E-state index in [1.54, 1.807) is 12.1 Å². The lowest BCUT2D eigenvalue weighted by molar-refractivity contribution is -0.145. The Balaban J connectivity index is 1.58. The van der Waals surface area contributed by atoms with E-state index in [2.05, 4.69) is 10.3 Å². The summed E-state index contributed by atoms with van der Waals surface area (Å²) in [6, 6.07) is 17.2. The van der Waals surface area contributed by atoms with E-state index in [1.807, 2.05) is 48.5 Å². The molecule has 0 unspecified atom stereocenters. The second-order valence-electron chi connectivity index (χ2n) is 5.85. The molecule has 3 N–H and O–H groups in total. The maximum atomic E-state index is 12.2. The van der Waals surface area contributed by atoms with Crippen LogP contribution in [0, 0.1) is 0 Å². The third-order valence-corrected chi connectivity index (χ3v) is 3.84. The molecule has 7 heteroatoms. The lowest BCUT2D eigenvalue weighted by Crippen LogP contribution is -2.34. The summed E-state index contributed by atoms with van der Waals surface area (Å²) in [5.74, 6) is -0.0268. The van der Waals surface area contributed by atoms with Crippen LogP contribution >= 0.6 is 0 Å². The topological polar surface area (TPSA) is 107 Å². The van der Waals surface area contributed by atoms with Crippen molar-refractivity contribution in [2.24, 2.45) is 5.73 Å². The second kappa shape index (κ2) is 8.66. The number of urea groups is 1. The fourth-order valence-corrected chi connectivity index (χ4v) is 2.58. The van der Waals surface area contributed by atoms with E-state index >= 15 is 0 Å².